The molecule has 25 heavy (non-hydrogen) atoms. The number of nitrogens with zero attached hydrogens (tertiary/aromatic N) is 4. The van der Waals surface area contributed by atoms with Crippen LogP contribution in [-0.2, 0) is 9.84 Å². The molecule has 0 radical (unpaired) electrons. The summed E-state index contributed by atoms with van der Waals surface area (Å²) in [7, 11) is -3.01. The number of rotatable bonds is 6. The van der Waals surface area contributed by atoms with Crippen molar-refractivity contribution in [3.05, 3.63) is 54.4 Å². The number of thioether (sulfide) groups is 1. The summed E-state index contributed by atoms with van der Waals surface area (Å²) in [6, 6.07) is 11.7. The van der Waals surface area contributed by atoms with Crippen LogP contribution in [0.5, 0.6) is 0 Å². The van der Waals surface area contributed by atoms with Crippen molar-refractivity contribution in [2.45, 2.75) is 12.1 Å². The number of sulfone groups is 1. The van der Waals surface area contributed by atoms with Crippen LogP contribution in [0.2, 0.25) is 0 Å². The summed E-state index contributed by atoms with van der Waals surface area (Å²) in [4.78, 5) is 4.04. The minimum Gasteiger partial charge on any atom is -0.270 e. The molecule has 0 aliphatic rings. The molecule has 3 rings (SSSR count). The predicted octanol–water partition coefficient (Wildman–Crippen LogP) is 2.77. The summed E-state index contributed by atoms with van der Waals surface area (Å²) in [5.74, 6) is 1.24. The Morgan fingerprint density at radius 3 is 2.48 bits per heavy atom. The molecule has 0 amide bonds. The van der Waals surface area contributed by atoms with Crippen LogP contribution in [0.25, 0.3) is 17.1 Å². The molecule has 0 saturated carbocycles. The van der Waals surface area contributed by atoms with Crippen molar-refractivity contribution in [1.82, 2.24) is 19.7 Å². The SMILES string of the molecule is Cc1ccccc1-n1c(SCCS(C)(=O)=O)nnc1-c1ccncc1. The first kappa shape index (κ1) is 17.6. The van der Waals surface area contributed by atoms with E-state index in [1.165, 1.54) is 18.0 Å². The van der Waals surface area contributed by atoms with Gasteiger partial charge in [-0.1, -0.05) is 30.0 Å². The third kappa shape index (κ3) is 4.26. The quantitative estimate of drug-likeness (QED) is 0.618. The number of hydrogen-bond acceptors (Lipinski definition) is 6. The Labute approximate surface area is 151 Å². The first-order valence-corrected chi connectivity index (χ1v) is 10.7. The van der Waals surface area contributed by atoms with Gasteiger partial charge in [0.25, 0.3) is 0 Å². The molecule has 0 atom stereocenters. The Bertz CT molecular complexity index is 969. The minimum atomic E-state index is -3.01. The van der Waals surface area contributed by atoms with E-state index in [9.17, 15) is 8.42 Å². The van der Waals surface area contributed by atoms with E-state index in [0.717, 1.165) is 16.8 Å². The molecule has 0 fully saturated rings. The fourth-order valence-electron chi connectivity index (χ4n) is 2.37. The lowest BCUT2D eigenvalue weighted by Gasteiger charge is -2.12. The zero-order chi connectivity index (χ0) is 17.9. The van der Waals surface area contributed by atoms with Crippen molar-refractivity contribution in [3.8, 4) is 17.1 Å². The highest BCUT2D eigenvalue weighted by Gasteiger charge is 2.17. The van der Waals surface area contributed by atoms with Crippen molar-refractivity contribution >= 4 is 21.6 Å². The second-order valence-electron chi connectivity index (χ2n) is 5.64. The molecule has 1 aromatic carbocycles. The summed E-state index contributed by atoms with van der Waals surface area (Å²) in [5, 5.41) is 9.30. The van der Waals surface area contributed by atoms with Crippen LogP contribution in [0.1, 0.15) is 5.56 Å². The summed E-state index contributed by atoms with van der Waals surface area (Å²) in [6.07, 6.45) is 4.66. The highest BCUT2D eigenvalue weighted by molar-refractivity contribution is 8.00. The first-order chi connectivity index (χ1) is 12.0. The Morgan fingerprint density at radius 1 is 1.08 bits per heavy atom. The second kappa shape index (κ2) is 7.37. The van der Waals surface area contributed by atoms with E-state index in [-0.39, 0.29) is 5.75 Å². The standard InChI is InChI=1S/C17H18N4O2S2/c1-13-5-3-4-6-15(13)21-16(14-7-9-18-10-8-14)19-20-17(21)24-11-12-25(2,22)23/h3-10H,11-12H2,1-2H3. The van der Waals surface area contributed by atoms with E-state index in [0.29, 0.717) is 16.7 Å². The zero-order valence-electron chi connectivity index (χ0n) is 14.0. The number of pyridine rings is 1. The molecule has 0 N–H and O–H groups in total. The van der Waals surface area contributed by atoms with E-state index < -0.39 is 9.84 Å². The minimum absolute atomic E-state index is 0.100. The van der Waals surface area contributed by atoms with Gasteiger partial charge in [0.05, 0.1) is 11.4 Å². The Balaban J connectivity index is 2.04. The Morgan fingerprint density at radius 2 is 1.80 bits per heavy atom. The topological polar surface area (TPSA) is 77.7 Å². The van der Waals surface area contributed by atoms with Crippen LogP contribution < -0.4 is 0 Å². The molecule has 6 nitrogen and oxygen atoms in total. The molecular weight excluding hydrogens is 356 g/mol. The maximum absolute atomic E-state index is 11.4. The maximum atomic E-state index is 11.4. The van der Waals surface area contributed by atoms with Gasteiger partial charge in [-0.15, -0.1) is 10.2 Å². The monoisotopic (exact) mass is 374 g/mol. The Hall–Kier alpha value is -2.19. The number of benzene rings is 1. The van der Waals surface area contributed by atoms with Gasteiger partial charge in [-0.05, 0) is 30.7 Å². The Kier molecular flexibility index (Phi) is 5.19. The maximum Gasteiger partial charge on any atom is 0.196 e. The van der Waals surface area contributed by atoms with Crippen LogP contribution in [0, 0.1) is 6.92 Å². The summed E-state index contributed by atoms with van der Waals surface area (Å²) >= 11 is 1.39. The van der Waals surface area contributed by atoms with Crippen molar-refractivity contribution in [1.29, 1.82) is 0 Å². The molecule has 0 aliphatic carbocycles. The average Bonchev–Trinajstić information content (AvgIpc) is 2.99. The molecule has 0 saturated heterocycles. The van der Waals surface area contributed by atoms with Gasteiger partial charge in [0, 0.05) is 30.0 Å². The van der Waals surface area contributed by atoms with E-state index in [1.54, 1.807) is 12.4 Å². The predicted molar refractivity (Wildman–Crippen MR) is 99.8 cm³/mol. The molecule has 0 bridgehead atoms. The van der Waals surface area contributed by atoms with Crippen LogP contribution in [-0.4, -0.2) is 45.9 Å². The molecule has 2 heterocycles. The fourth-order valence-corrected chi connectivity index (χ4v) is 4.51. The zero-order valence-corrected chi connectivity index (χ0v) is 15.6. The van der Waals surface area contributed by atoms with Gasteiger partial charge >= 0.3 is 0 Å². The lowest BCUT2D eigenvalue weighted by molar-refractivity contribution is 0.603. The molecule has 0 unspecified atom stereocenters. The summed E-state index contributed by atoms with van der Waals surface area (Å²) in [6.45, 7) is 2.02. The average molecular weight is 374 g/mol. The van der Waals surface area contributed by atoms with Crippen molar-refractivity contribution in [3.63, 3.8) is 0 Å². The van der Waals surface area contributed by atoms with E-state index in [4.69, 9.17) is 0 Å². The van der Waals surface area contributed by atoms with Crippen LogP contribution in [0.3, 0.4) is 0 Å². The highest BCUT2D eigenvalue weighted by Crippen LogP contribution is 2.29. The van der Waals surface area contributed by atoms with E-state index in [1.807, 2.05) is 47.9 Å². The van der Waals surface area contributed by atoms with Gasteiger partial charge in [-0.2, -0.15) is 0 Å². The smallest absolute Gasteiger partial charge is 0.196 e. The number of hydrogen-bond donors (Lipinski definition) is 0. The fraction of sp³-hybridized carbons (Fsp3) is 0.235. The number of para-hydroxylation sites is 1. The molecule has 0 aliphatic heterocycles. The first-order valence-electron chi connectivity index (χ1n) is 7.68. The third-order valence-electron chi connectivity index (χ3n) is 3.61. The molecular formula is C17H18N4O2S2. The summed E-state index contributed by atoms with van der Waals surface area (Å²) in [5.41, 5.74) is 2.96. The van der Waals surface area contributed by atoms with Crippen LogP contribution in [0.4, 0.5) is 0 Å². The van der Waals surface area contributed by atoms with Gasteiger partial charge in [0.2, 0.25) is 0 Å². The van der Waals surface area contributed by atoms with Crippen LogP contribution >= 0.6 is 11.8 Å². The summed E-state index contributed by atoms with van der Waals surface area (Å²) < 4.78 is 24.8. The van der Waals surface area contributed by atoms with Gasteiger partial charge in [0.15, 0.2) is 11.0 Å². The lowest BCUT2D eigenvalue weighted by atomic mass is 10.2. The van der Waals surface area contributed by atoms with Crippen LogP contribution in [0.15, 0.2) is 53.9 Å². The van der Waals surface area contributed by atoms with Gasteiger partial charge in [-0.25, -0.2) is 8.42 Å². The second-order valence-corrected chi connectivity index (χ2v) is 8.96. The van der Waals surface area contributed by atoms with Gasteiger partial charge in [0.1, 0.15) is 9.84 Å². The lowest BCUT2D eigenvalue weighted by Crippen LogP contribution is -2.07. The van der Waals surface area contributed by atoms with Crippen molar-refractivity contribution in [2.75, 3.05) is 17.8 Å². The molecule has 130 valence electrons. The van der Waals surface area contributed by atoms with Gasteiger partial charge in [-0.3, -0.25) is 9.55 Å². The largest absolute Gasteiger partial charge is 0.270 e. The molecule has 0 spiro atoms. The number of aromatic nitrogens is 4. The highest BCUT2D eigenvalue weighted by atomic mass is 32.2. The molecule has 3 aromatic rings. The molecule has 8 heteroatoms. The third-order valence-corrected chi connectivity index (χ3v) is 5.75. The van der Waals surface area contributed by atoms with Crippen molar-refractivity contribution in [2.24, 2.45) is 0 Å². The normalized spacial score (nSPS) is 11.6. The van der Waals surface area contributed by atoms with Crippen molar-refractivity contribution < 1.29 is 8.42 Å². The molecule has 2 aromatic heterocycles. The number of aryl methyl sites for hydroxylation is 1. The van der Waals surface area contributed by atoms with E-state index in [2.05, 4.69) is 15.2 Å². The van der Waals surface area contributed by atoms with Gasteiger partial charge < -0.3 is 0 Å². The van der Waals surface area contributed by atoms with E-state index >= 15 is 0 Å².